The Balaban J connectivity index is 1.57. The summed E-state index contributed by atoms with van der Waals surface area (Å²) in [5, 5.41) is 9.10. The fraction of sp³-hybridized carbons (Fsp3) is 0.190. The third-order valence-corrected chi connectivity index (χ3v) is 4.96. The van der Waals surface area contributed by atoms with Crippen LogP contribution in [0.25, 0.3) is 0 Å². The normalized spacial score (nSPS) is 14.9. The lowest BCUT2D eigenvalue weighted by molar-refractivity contribution is -0.122. The van der Waals surface area contributed by atoms with Crippen molar-refractivity contribution in [1.82, 2.24) is 9.97 Å². The number of aromatic nitrogens is 2. The number of benzene rings is 2. The van der Waals surface area contributed by atoms with Gasteiger partial charge in [-0.25, -0.2) is 9.37 Å². The molecule has 2 aromatic carbocycles. The Kier molecular flexibility index (Phi) is 5.51. The monoisotopic (exact) mass is 443 g/mol. The third-order valence-electron chi connectivity index (χ3n) is 4.66. The lowest BCUT2D eigenvalue weighted by Crippen LogP contribution is -2.34. The summed E-state index contributed by atoms with van der Waals surface area (Å²) in [5.41, 5.74) is 2.52. The maximum absolute atomic E-state index is 14.3. The van der Waals surface area contributed by atoms with Gasteiger partial charge in [-0.1, -0.05) is 11.6 Å². The molecule has 1 aliphatic heterocycles. The molecule has 10 heteroatoms. The highest BCUT2D eigenvalue weighted by Gasteiger charge is 2.23. The number of fused-ring (bicyclic) bond motifs is 1. The average molecular weight is 444 g/mol. The molecular formula is C21H19ClFN5O3. The van der Waals surface area contributed by atoms with Gasteiger partial charge in [-0.2, -0.15) is 4.98 Å². The van der Waals surface area contributed by atoms with Gasteiger partial charge in [-0.3, -0.25) is 4.79 Å². The standard InChI is InChI=1S/C21H19ClFN5O3/c1-10-6-18(30-3)13(22)8-15(10)27-21-24-9-14(23)19(28-21)25-12-4-5-17-16(7-12)26-20(29)11(2)31-17/h4-9,11H,1-3H3,(H,26,29)(H2,24,25,27,28)/t11-/m0/s1. The zero-order chi connectivity index (χ0) is 22.1. The minimum absolute atomic E-state index is 0.0360. The minimum atomic E-state index is -0.637. The summed E-state index contributed by atoms with van der Waals surface area (Å²) >= 11 is 6.19. The zero-order valence-electron chi connectivity index (χ0n) is 16.9. The van der Waals surface area contributed by atoms with Crippen molar-refractivity contribution in [3.63, 3.8) is 0 Å². The lowest BCUT2D eigenvalue weighted by Gasteiger charge is -2.23. The fourth-order valence-electron chi connectivity index (χ4n) is 3.00. The Hall–Kier alpha value is -3.59. The molecule has 4 rings (SSSR count). The van der Waals surface area contributed by atoms with E-state index in [-0.39, 0.29) is 17.7 Å². The molecular weight excluding hydrogens is 425 g/mol. The van der Waals surface area contributed by atoms with Gasteiger partial charge in [-0.05, 0) is 49.7 Å². The van der Waals surface area contributed by atoms with Crippen LogP contribution in [0.5, 0.6) is 11.5 Å². The van der Waals surface area contributed by atoms with Crippen LogP contribution in [0, 0.1) is 12.7 Å². The summed E-state index contributed by atoms with van der Waals surface area (Å²) in [7, 11) is 1.54. The highest BCUT2D eigenvalue weighted by molar-refractivity contribution is 6.32. The molecule has 0 fully saturated rings. The van der Waals surface area contributed by atoms with Gasteiger partial charge in [0.05, 0.1) is 24.0 Å². The first-order valence-electron chi connectivity index (χ1n) is 9.36. The first kappa shape index (κ1) is 20.7. The molecule has 0 unspecified atom stereocenters. The van der Waals surface area contributed by atoms with Gasteiger partial charge in [0, 0.05) is 11.4 Å². The second kappa shape index (κ2) is 8.27. The number of rotatable bonds is 5. The van der Waals surface area contributed by atoms with E-state index in [4.69, 9.17) is 21.1 Å². The molecule has 8 nitrogen and oxygen atoms in total. The maximum Gasteiger partial charge on any atom is 0.265 e. The first-order valence-corrected chi connectivity index (χ1v) is 9.74. The van der Waals surface area contributed by atoms with Crippen molar-refractivity contribution in [1.29, 1.82) is 0 Å². The fourth-order valence-corrected chi connectivity index (χ4v) is 3.25. The molecule has 1 aromatic heterocycles. The van der Waals surface area contributed by atoms with E-state index >= 15 is 0 Å². The molecule has 31 heavy (non-hydrogen) atoms. The number of aryl methyl sites for hydroxylation is 1. The Morgan fingerprint density at radius 2 is 2.06 bits per heavy atom. The SMILES string of the molecule is COc1cc(C)c(Nc2ncc(F)c(Nc3ccc4c(c3)NC(=O)[C@H](C)O4)n2)cc1Cl. The largest absolute Gasteiger partial charge is 0.495 e. The van der Waals surface area contributed by atoms with Gasteiger partial charge >= 0.3 is 0 Å². The molecule has 1 atom stereocenters. The second-order valence-corrected chi connectivity index (χ2v) is 7.31. The molecule has 1 aliphatic rings. The Bertz CT molecular complexity index is 1170. The van der Waals surface area contributed by atoms with E-state index < -0.39 is 11.9 Å². The van der Waals surface area contributed by atoms with Crippen molar-refractivity contribution in [3.8, 4) is 11.5 Å². The smallest absolute Gasteiger partial charge is 0.265 e. The van der Waals surface area contributed by atoms with E-state index in [0.29, 0.717) is 33.6 Å². The van der Waals surface area contributed by atoms with Crippen LogP contribution in [0.1, 0.15) is 12.5 Å². The zero-order valence-corrected chi connectivity index (χ0v) is 17.7. The van der Waals surface area contributed by atoms with Crippen LogP contribution in [-0.4, -0.2) is 29.1 Å². The molecule has 0 spiro atoms. The summed E-state index contributed by atoms with van der Waals surface area (Å²) in [5.74, 6) is 0.335. The second-order valence-electron chi connectivity index (χ2n) is 6.90. The van der Waals surface area contributed by atoms with Crippen LogP contribution in [0.15, 0.2) is 36.5 Å². The van der Waals surface area contributed by atoms with E-state index in [1.807, 2.05) is 6.92 Å². The molecule has 160 valence electrons. The topological polar surface area (TPSA) is 97.4 Å². The molecule has 0 radical (unpaired) electrons. The number of halogens is 2. The number of carbonyl (C=O) groups is 1. The third kappa shape index (κ3) is 4.31. The molecule has 0 saturated heterocycles. The Morgan fingerprint density at radius 3 is 2.84 bits per heavy atom. The number of anilines is 5. The number of methoxy groups -OCH3 is 1. The number of carbonyl (C=O) groups excluding carboxylic acids is 1. The quantitative estimate of drug-likeness (QED) is 0.521. The van der Waals surface area contributed by atoms with Crippen LogP contribution in [0.2, 0.25) is 5.02 Å². The van der Waals surface area contributed by atoms with Gasteiger partial charge < -0.3 is 25.4 Å². The van der Waals surface area contributed by atoms with Crippen molar-refractivity contribution < 1.29 is 18.7 Å². The summed E-state index contributed by atoms with van der Waals surface area (Å²) in [6.07, 6.45) is 0.484. The number of nitrogens with zero attached hydrogens (tertiary/aromatic N) is 2. The average Bonchev–Trinajstić information content (AvgIpc) is 2.74. The predicted octanol–water partition coefficient (Wildman–Crippen LogP) is 4.79. The van der Waals surface area contributed by atoms with Crippen molar-refractivity contribution in [3.05, 3.63) is 52.9 Å². The summed E-state index contributed by atoms with van der Waals surface area (Å²) in [6.45, 7) is 3.53. The molecule has 0 aliphatic carbocycles. The van der Waals surface area contributed by atoms with Gasteiger partial charge in [-0.15, -0.1) is 0 Å². The Labute approximate surface area is 182 Å². The van der Waals surface area contributed by atoms with Crippen molar-refractivity contribution in [2.24, 2.45) is 0 Å². The van der Waals surface area contributed by atoms with Crippen molar-refractivity contribution in [2.45, 2.75) is 20.0 Å². The van der Waals surface area contributed by atoms with E-state index in [0.717, 1.165) is 11.8 Å². The number of ether oxygens (including phenoxy) is 2. The number of amides is 1. The highest BCUT2D eigenvalue weighted by Crippen LogP contribution is 2.34. The van der Waals surface area contributed by atoms with Crippen LogP contribution in [0.4, 0.5) is 33.2 Å². The van der Waals surface area contributed by atoms with Crippen LogP contribution in [-0.2, 0) is 4.79 Å². The van der Waals surface area contributed by atoms with Gasteiger partial charge in [0.2, 0.25) is 5.95 Å². The molecule has 1 amide bonds. The minimum Gasteiger partial charge on any atom is -0.495 e. The molecule has 3 aromatic rings. The molecule has 0 saturated carbocycles. The molecule has 2 heterocycles. The summed E-state index contributed by atoms with van der Waals surface area (Å²) in [4.78, 5) is 20.0. The van der Waals surface area contributed by atoms with E-state index in [2.05, 4.69) is 25.9 Å². The van der Waals surface area contributed by atoms with E-state index in [9.17, 15) is 9.18 Å². The van der Waals surface area contributed by atoms with Crippen LogP contribution in [0.3, 0.4) is 0 Å². The predicted molar refractivity (Wildman–Crippen MR) is 116 cm³/mol. The first-order chi connectivity index (χ1) is 14.8. The number of nitrogens with one attached hydrogen (secondary N) is 3. The van der Waals surface area contributed by atoms with E-state index in [1.165, 1.54) is 7.11 Å². The highest BCUT2D eigenvalue weighted by atomic mass is 35.5. The molecule has 3 N–H and O–H groups in total. The van der Waals surface area contributed by atoms with E-state index in [1.54, 1.807) is 37.3 Å². The maximum atomic E-state index is 14.3. The molecule has 0 bridgehead atoms. The number of hydrogen-bond acceptors (Lipinski definition) is 7. The van der Waals surface area contributed by atoms with Crippen molar-refractivity contribution in [2.75, 3.05) is 23.1 Å². The van der Waals surface area contributed by atoms with Crippen LogP contribution < -0.4 is 25.4 Å². The lowest BCUT2D eigenvalue weighted by atomic mass is 10.2. The van der Waals surface area contributed by atoms with Gasteiger partial charge in [0.25, 0.3) is 5.91 Å². The summed E-state index contributed by atoms with van der Waals surface area (Å²) in [6, 6.07) is 8.49. The summed E-state index contributed by atoms with van der Waals surface area (Å²) < 4.78 is 25.1. The van der Waals surface area contributed by atoms with Gasteiger partial charge in [0.1, 0.15) is 11.5 Å². The number of hydrogen-bond donors (Lipinski definition) is 3. The van der Waals surface area contributed by atoms with Gasteiger partial charge in [0.15, 0.2) is 17.7 Å². The van der Waals surface area contributed by atoms with Crippen LogP contribution >= 0.6 is 11.6 Å². The Morgan fingerprint density at radius 1 is 1.26 bits per heavy atom. The van der Waals surface area contributed by atoms with Crippen molar-refractivity contribution >= 4 is 46.3 Å².